The highest BCUT2D eigenvalue weighted by Gasteiger charge is 2.21. The molecule has 0 unspecified atom stereocenters. The Kier molecular flexibility index (Phi) is 19.0. The second-order valence-electron chi connectivity index (χ2n) is 31.7. The number of nitrogens with zero attached hydrogens (tertiary/aromatic N) is 7. The van der Waals surface area contributed by atoms with Crippen LogP contribution >= 0.6 is 0 Å². The van der Waals surface area contributed by atoms with Crippen molar-refractivity contribution >= 4 is 77.9 Å². The zero-order valence-corrected chi connectivity index (χ0v) is 68.1. The molecule has 0 fully saturated rings. The Morgan fingerprint density at radius 3 is 0.823 bits per heavy atom. The normalized spacial score (nSPS) is 11.4. The van der Waals surface area contributed by atoms with Crippen molar-refractivity contribution in [2.45, 2.75) is 0 Å². The number of hydrogen-bond donors (Lipinski definition) is 0. The number of anilines is 6. The summed E-state index contributed by atoms with van der Waals surface area (Å²) in [6.07, 6.45) is 10.6. The lowest BCUT2D eigenvalue weighted by Gasteiger charge is -2.26. The number of hydrogen-bond acceptors (Lipinski definition) is 4. The van der Waals surface area contributed by atoms with E-state index in [1.807, 2.05) is 24.4 Å². The molecule has 586 valence electrons. The maximum Gasteiger partial charge on any atom is 0.137 e. The van der Waals surface area contributed by atoms with E-state index in [2.05, 4.69) is 478 Å². The van der Waals surface area contributed by atoms with Gasteiger partial charge in [-0.05, 0) is 349 Å². The van der Waals surface area contributed by atoms with Gasteiger partial charge in [-0.1, -0.05) is 194 Å². The molecule has 0 saturated heterocycles. The number of aromatic nitrogens is 5. The summed E-state index contributed by atoms with van der Waals surface area (Å²) in [5, 5.41) is 4.70. The molecule has 0 N–H and O–H groups in total. The van der Waals surface area contributed by atoms with E-state index in [9.17, 15) is 0 Å². The van der Waals surface area contributed by atoms with Crippen LogP contribution in [-0.2, 0) is 0 Å². The minimum absolute atomic E-state index is 0.810. The van der Waals surface area contributed by atoms with E-state index in [1.54, 1.807) is 7.11 Å². The molecule has 0 spiro atoms. The van der Waals surface area contributed by atoms with Crippen molar-refractivity contribution in [1.29, 1.82) is 0 Å². The Morgan fingerprint density at radius 1 is 0.194 bits per heavy atom. The molecular formula is C116H81N7O. The third-order valence-electron chi connectivity index (χ3n) is 24.2. The zero-order chi connectivity index (χ0) is 82.4. The van der Waals surface area contributed by atoms with Crippen LogP contribution in [0.1, 0.15) is 0 Å². The van der Waals surface area contributed by atoms with Gasteiger partial charge in [0.25, 0.3) is 0 Å². The molecular weight excluding hydrogens is 1510 g/mol. The van der Waals surface area contributed by atoms with Crippen molar-refractivity contribution in [2.75, 3.05) is 16.9 Å². The summed E-state index contributed by atoms with van der Waals surface area (Å²) in [5.41, 5.74) is 34.8. The van der Waals surface area contributed by atoms with E-state index in [0.29, 0.717) is 0 Å². The average molecular weight is 1590 g/mol. The highest BCUT2D eigenvalue weighted by molar-refractivity contribution is 5.96. The topological polar surface area (TPSA) is 48.3 Å². The maximum absolute atomic E-state index is 5.62. The third-order valence-corrected chi connectivity index (χ3v) is 24.2. The predicted octanol–water partition coefficient (Wildman–Crippen LogP) is 30.8. The highest BCUT2D eigenvalue weighted by Crippen LogP contribution is 2.44. The van der Waals surface area contributed by atoms with Gasteiger partial charge in [0.1, 0.15) is 11.6 Å². The summed E-state index contributed by atoms with van der Waals surface area (Å²) in [6, 6.07) is 161. The van der Waals surface area contributed by atoms with Gasteiger partial charge in [0.05, 0.1) is 29.2 Å². The SMILES string of the molecule is COc1ccc(N(c2ccc(-c3ccccc3)cc2)c2ccc(-c3cc(-c4ccc5c(ccn5-c5ccccc5)c4)cc(-c4ccc5c(ccn5-c5cccc(-c6cccc(-c7ccc(N(c8ccc(-c9cc(-c%10ccc%11c(ccn%11-c%11ccccc%11)c%10)cc(-c%10ccc%11c(ccn%11-c%11ccccc%11)c%10)c9)cc8)c8ccccn8)cc7)c6)c5)c4)c3)cc2)cc1. The van der Waals surface area contributed by atoms with Crippen molar-refractivity contribution in [2.24, 2.45) is 0 Å². The second kappa shape index (κ2) is 32.0. The second-order valence-corrected chi connectivity index (χ2v) is 31.7. The summed E-state index contributed by atoms with van der Waals surface area (Å²) in [4.78, 5) is 9.50. The molecule has 5 aromatic heterocycles. The molecule has 5 heterocycles. The molecule has 0 radical (unpaired) electrons. The summed E-state index contributed by atoms with van der Waals surface area (Å²) in [6.45, 7) is 0. The lowest BCUT2D eigenvalue weighted by atomic mass is 9.92. The number of ether oxygens (including phenoxy) is 1. The van der Waals surface area contributed by atoms with Crippen molar-refractivity contribution < 1.29 is 4.74 Å². The lowest BCUT2D eigenvalue weighted by Crippen LogP contribution is -2.11. The molecule has 17 aromatic carbocycles. The standard InChI is InChI=1S/C116H81N7O/c1-124-111-53-51-107(52-54-111)122(105-43-31-81(32-44-105)80-18-6-2-7-19-80)106-45-35-83(36-46-106)96-73-98(88-39-55-112-92(69-88)59-64-118(112)102-23-8-3-9-24-102)78-101(74-96)91-42-58-115-95(72-91)62-67-121(115)110-29-17-22-87(79-110)86-21-16-20-85(68-86)82-33-47-108(48-34-82)123(116-30-14-15-63-117-116)109-49-37-84(38-50-109)97-75-99(89-40-56-113-93(70-89)60-65-119(113)103-25-10-4-11-26-103)77-100(76-97)90-41-57-114-94(71-90)61-66-120(114)104-27-12-5-13-28-104/h2-79H,1H3. The number of pyridine rings is 1. The molecule has 0 aliphatic heterocycles. The Balaban J connectivity index is 0.549. The fourth-order valence-corrected chi connectivity index (χ4v) is 17.8. The molecule has 8 nitrogen and oxygen atoms in total. The van der Waals surface area contributed by atoms with Crippen LogP contribution in [-0.4, -0.2) is 30.4 Å². The van der Waals surface area contributed by atoms with E-state index in [1.165, 1.54) is 38.3 Å². The first-order valence-electron chi connectivity index (χ1n) is 42.1. The molecule has 8 heteroatoms. The number of fused-ring (bicyclic) bond motifs is 4. The van der Waals surface area contributed by atoms with Crippen LogP contribution in [0, 0.1) is 0 Å². The third kappa shape index (κ3) is 14.3. The maximum atomic E-state index is 5.62. The van der Waals surface area contributed by atoms with Gasteiger partial charge in [-0.25, -0.2) is 4.98 Å². The van der Waals surface area contributed by atoms with Crippen LogP contribution in [0.5, 0.6) is 5.75 Å². The predicted molar refractivity (Wildman–Crippen MR) is 516 cm³/mol. The van der Waals surface area contributed by atoms with E-state index >= 15 is 0 Å². The van der Waals surface area contributed by atoms with E-state index < -0.39 is 0 Å². The van der Waals surface area contributed by atoms with Crippen LogP contribution < -0.4 is 14.5 Å². The summed E-state index contributed by atoms with van der Waals surface area (Å²) in [7, 11) is 1.71. The Bertz CT molecular complexity index is 7510. The summed E-state index contributed by atoms with van der Waals surface area (Å²) >= 11 is 0. The molecule has 22 rings (SSSR count). The van der Waals surface area contributed by atoms with Crippen LogP contribution in [0.4, 0.5) is 34.3 Å². The van der Waals surface area contributed by atoms with Crippen molar-refractivity contribution in [3.05, 3.63) is 474 Å². The molecule has 0 aliphatic rings. The molecule has 0 saturated carbocycles. The first-order chi connectivity index (χ1) is 61.3. The van der Waals surface area contributed by atoms with Crippen LogP contribution in [0.3, 0.4) is 0 Å². The smallest absolute Gasteiger partial charge is 0.137 e. The average Bonchev–Trinajstić information content (AvgIpc) is 1.53. The number of para-hydroxylation sites is 3. The van der Waals surface area contributed by atoms with E-state index in [0.717, 1.165) is 168 Å². The van der Waals surface area contributed by atoms with Crippen molar-refractivity contribution in [3.8, 4) is 129 Å². The van der Waals surface area contributed by atoms with Gasteiger partial charge in [0.15, 0.2) is 0 Å². The minimum atomic E-state index is 0.810. The minimum Gasteiger partial charge on any atom is -0.497 e. The number of benzene rings is 17. The number of methoxy groups -OCH3 is 1. The van der Waals surface area contributed by atoms with Crippen LogP contribution in [0.25, 0.3) is 167 Å². The van der Waals surface area contributed by atoms with Gasteiger partial charge in [-0.15, -0.1) is 0 Å². The number of rotatable bonds is 20. The van der Waals surface area contributed by atoms with Gasteiger partial charge in [-0.2, -0.15) is 0 Å². The van der Waals surface area contributed by atoms with Crippen LogP contribution in [0.2, 0.25) is 0 Å². The molecule has 124 heavy (non-hydrogen) atoms. The van der Waals surface area contributed by atoms with Crippen molar-refractivity contribution in [3.63, 3.8) is 0 Å². The Labute approximate surface area is 720 Å². The Hall–Kier alpha value is -16.6. The van der Waals surface area contributed by atoms with Crippen molar-refractivity contribution in [1.82, 2.24) is 23.3 Å². The first-order valence-corrected chi connectivity index (χ1v) is 42.1. The quantitative estimate of drug-likeness (QED) is 0.0763. The molecule has 0 bridgehead atoms. The highest BCUT2D eigenvalue weighted by atomic mass is 16.5. The molecule has 0 amide bonds. The first kappa shape index (κ1) is 73.8. The molecule has 0 atom stereocenters. The molecule has 22 aromatic rings. The van der Waals surface area contributed by atoms with Gasteiger partial charge in [-0.3, -0.25) is 4.90 Å². The molecule has 0 aliphatic carbocycles. The fraction of sp³-hybridized carbons (Fsp3) is 0.00862. The largest absolute Gasteiger partial charge is 0.497 e. The lowest BCUT2D eigenvalue weighted by molar-refractivity contribution is 0.415. The van der Waals surface area contributed by atoms with Gasteiger partial charge in [0.2, 0.25) is 0 Å². The van der Waals surface area contributed by atoms with Gasteiger partial charge < -0.3 is 27.9 Å². The zero-order valence-electron chi connectivity index (χ0n) is 68.1. The fourth-order valence-electron chi connectivity index (χ4n) is 17.8. The van der Waals surface area contributed by atoms with Gasteiger partial charge in [0, 0.05) is 104 Å². The van der Waals surface area contributed by atoms with E-state index in [4.69, 9.17) is 9.72 Å². The van der Waals surface area contributed by atoms with Gasteiger partial charge >= 0.3 is 0 Å². The summed E-state index contributed by atoms with van der Waals surface area (Å²) < 4.78 is 14.7. The Morgan fingerprint density at radius 2 is 0.452 bits per heavy atom. The summed E-state index contributed by atoms with van der Waals surface area (Å²) in [5.74, 6) is 1.64. The monoisotopic (exact) mass is 1590 g/mol. The van der Waals surface area contributed by atoms with Crippen LogP contribution in [0.15, 0.2) is 474 Å². The van der Waals surface area contributed by atoms with E-state index in [-0.39, 0.29) is 0 Å².